The summed E-state index contributed by atoms with van der Waals surface area (Å²) >= 11 is 6.39. The molecule has 0 aliphatic heterocycles. The summed E-state index contributed by atoms with van der Waals surface area (Å²) in [5.41, 5.74) is 5.10. The fourth-order valence-electron chi connectivity index (χ4n) is 3.55. The minimum absolute atomic E-state index is 0.199. The molecule has 170 valence electrons. The molecule has 0 fully saturated rings. The van der Waals surface area contributed by atoms with Crippen LogP contribution in [0.4, 0.5) is 0 Å². The Morgan fingerprint density at radius 3 is 2.55 bits per heavy atom. The number of rotatable bonds is 9. The fourth-order valence-corrected chi connectivity index (χ4v) is 3.76. The third kappa shape index (κ3) is 5.99. The first-order valence-corrected chi connectivity index (χ1v) is 10.8. The Hall–Kier alpha value is -3.63. The van der Waals surface area contributed by atoms with E-state index < -0.39 is 0 Å². The molecule has 0 atom stereocenters. The topological polar surface area (TPSA) is 93.5 Å². The smallest absolute Gasteiger partial charge is 0.226 e. The van der Waals surface area contributed by atoms with Gasteiger partial charge in [-0.05, 0) is 73.2 Å². The third-order valence-corrected chi connectivity index (χ3v) is 5.29. The van der Waals surface area contributed by atoms with Crippen molar-refractivity contribution in [2.24, 2.45) is 5.16 Å². The lowest BCUT2D eigenvalue weighted by Crippen LogP contribution is -2.02. The van der Waals surface area contributed by atoms with Crippen molar-refractivity contribution in [1.82, 2.24) is 10.1 Å². The molecule has 8 heteroatoms. The molecule has 33 heavy (non-hydrogen) atoms. The van der Waals surface area contributed by atoms with Crippen molar-refractivity contribution in [3.8, 4) is 11.8 Å². The average molecular weight is 465 g/mol. The van der Waals surface area contributed by atoms with Crippen LogP contribution in [0.3, 0.4) is 0 Å². The van der Waals surface area contributed by atoms with E-state index in [1.54, 1.807) is 26.2 Å². The minimum atomic E-state index is 0.199. The van der Waals surface area contributed by atoms with E-state index in [0.29, 0.717) is 35.0 Å². The summed E-state index contributed by atoms with van der Waals surface area (Å²) in [7, 11) is 3.04. The molecule has 0 radical (unpaired) electrons. The van der Waals surface area contributed by atoms with Crippen LogP contribution in [0.2, 0.25) is 0 Å². The van der Waals surface area contributed by atoms with Crippen molar-refractivity contribution in [3.05, 3.63) is 82.0 Å². The van der Waals surface area contributed by atoms with Gasteiger partial charge in [0.2, 0.25) is 5.89 Å². The summed E-state index contributed by atoms with van der Waals surface area (Å²) < 4.78 is 10.8. The molecule has 0 spiro atoms. The van der Waals surface area contributed by atoms with E-state index in [0.717, 1.165) is 35.1 Å². The molecule has 2 aromatic carbocycles. The summed E-state index contributed by atoms with van der Waals surface area (Å²) in [5, 5.41) is 17.1. The van der Waals surface area contributed by atoms with Crippen molar-refractivity contribution in [1.29, 1.82) is 5.26 Å². The highest BCUT2D eigenvalue weighted by atomic mass is 35.5. The zero-order valence-corrected chi connectivity index (χ0v) is 19.8. The van der Waals surface area contributed by atoms with Gasteiger partial charge in [0, 0.05) is 6.42 Å². The van der Waals surface area contributed by atoms with Crippen molar-refractivity contribution >= 4 is 22.3 Å². The van der Waals surface area contributed by atoms with Crippen molar-refractivity contribution in [2.75, 3.05) is 14.2 Å². The third-order valence-electron chi connectivity index (χ3n) is 5.02. The van der Waals surface area contributed by atoms with Gasteiger partial charge in [-0.15, -0.1) is 0 Å². The Labute approximate surface area is 198 Å². The number of unbranched alkanes of at least 4 members (excludes halogenated alkanes) is 1. The van der Waals surface area contributed by atoms with E-state index in [2.05, 4.69) is 27.4 Å². The summed E-state index contributed by atoms with van der Waals surface area (Å²) in [6.07, 6.45) is 4.49. The molecule has 1 heterocycles. The molecule has 0 bridgehead atoms. The van der Waals surface area contributed by atoms with Gasteiger partial charge in [-0.25, -0.2) is 0 Å². The van der Waals surface area contributed by atoms with Crippen molar-refractivity contribution in [3.63, 3.8) is 0 Å². The van der Waals surface area contributed by atoms with Gasteiger partial charge >= 0.3 is 0 Å². The summed E-state index contributed by atoms with van der Waals surface area (Å²) in [5.74, 6) is 1.90. The second kappa shape index (κ2) is 11.3. The van der Waals surface area contributed by atoms with E-state index in [1.807, 2.05) is 31.2 Å². The predicted molar refractivity (Wildman–Crippen MR) is 127 cm³/mol. The lowest BCUT2D eigenvalue weighted by Gasteiger charge is -2.16. The summed E-state index contributed by atoms with van der Waals surface area (Å²) in [6, 6.07) is 13.6. The Kier molecular flexibility index (Phi) is 8.22. The normalized spacial score (nSPS) is 11.9. The number of methoxy groups -OCH3 is 1. The molecule has 0 aliphatic carbocycles. The lowest BCUT2D eigenvalue weighted by molar-refractivity contribution is 0.214. The van der Waals surface area contributed by atoms with Crippen LogP contribution >= 0.6 is 11.6 Å². The first kappa shape index (κ1) is 24.0. The molecule has 0 unspecified atom stereocenters. The van der Waals surface area contributed by atoms with Crippen LogP contribution in [0.25, 0.3) is 5.57 Å². The molecule has 0 N–H and O–H groups in total. The molecule has 3 aromatic rings. The Balaban J connectivity index is 2.00. The van der Waals surface area contributed by atoms with Crippen LogP contribution < -0.4 is 4.74 Å². The maximum atomic E-state index is 9.17. The van der Waals surface area contributed by atoms with Gasteiger partial charge < -0.3 is 14.1 Å². The van der Waals surface area contributed by atoms with E-state index in [1.165, 1.54) is 7.11 Å². The molecule has 7 nitrogen and oxygen atoms in total. The molecular formula is C25H25ClN4O3. The molecule has 1 aromatic heterocycles. The number of nitrogens with zero attached hydrogens (tertiary/aromatic N) is 4. The van der Waals surface area contributed by atoms with E-state index in [9.17, 15) is 5.26 Å². The summed E-state index contributed by atoms with van der Waals surface area (Å²) in [6.45, 7) is 3.76. The van der Waals surface area contributed by atoms with Crippen molar-refractivity contribution in [2.45, 2.75) is 33.1 Å². The van der Waals surface area contributed by atoms with Crippen LogP contribution in [0, 0.1) is 25.2 Å². The molecule has 0 saturated carbocycles. The number of nitriles is 1. The van der Waals surface area contributed by atoms with Crippen LogP contribution in [0.15, 0.2) is 52.2 Å². The van der Waals surface area contributed by atoms with Gasteiger partial charge in [0.15, 0.2) is 11.0 Å². The SMILES string of the molecule is CON=C(Cl)c1cc(/C(=C\CCCc2nc(C)no2)c2ccc(C#N)cc2)cc(C)c1OC. The zero-order valence-electron chi connectivity index (χ0n) is 19.1. The maximum absolute atomic E-state index is 9.17. The highest BCUT2D eigenvalue weighted by Crippen LogP contribution is 2.33. The minimum Gasteiger partial charge on any atom is -0.496 e. The molecule has 0 amide bonds. The Bertz CT molecular complexity index is 1210. The monoisotopic (exact) mass is 464 g/mol. The number of benzene rings is 2. The number of hydrogen-bond donors (Lipinski definition) is 0. The second-order valence-electron chi connectivity index (χ2n) is 7.37. The maximum Gasteiger partial charge on any atom is 0.226 e. The Morgan fingerprint density at radius 1 is 1.18 bits per heavy atom. The number of aryl methyl sites for hydroxylation is 3. The predicted octanol–water partition coefficient (Wildman–Crippen LogP) is 5.57. The number of halogens is 1. The second-order valence-corrected chi connectivity index (χ2v) is 7.73. The van der Waals surface area contributed by atoms with Crippen LogP contribution in [-0.2, 0) is 11.3 Å². The van der Waals surface area contributed by atoms with E-state index in [4.69, 9.17) is 25.7 Å². The van der Waals surface area contributed by atoms with Gasteiger partial charge in [-0.3, -0.25) is 0 Å². The first-order chi connectivity index (χ1) is 16.0. The highest BCUT2D eigenvalue weighted by Gasteiger charge is 2.16. The molecule has 3 rings (SSSR count). The van der Waals surface area contributed by atoms with Gasteiger partial charge in [0.1, 0.15) is 12.9 Å². The van der Waals surface area contributed by atoms with Gasteiger partial charge in [0.25, 0.3) is 0 Å². The molecular weight excluding hydrogens is 440 g/mol. The van der Waals surface area contributed by atoms with E-state index >= 15 is 0 Å². The van der Waals surface area contributed by atoms with E-state index in [-0.39, 0.29) is 5.17 Å². The summed E-state index contributed by atoms with van der Waals surface area (Å²) in [4.78, 5) is 9.13. The number of allylic oxidation sites excluding steroid dienone is 1. The zero-order chi connectivity index (χ0) is 23.8. The van der Waals surface area contributed by atoms with Gasteiger partial charge in [0.05, 0.1) is 24.3 Å². The fraction of sp³-hybridized carbons (Fsp3) is 0.280. The molecule has 0 saturated heterocycles. The number of hydrogen-bond acceptors (Lipinski definition) is 7. The van der Waals surface area contributed by atoms with Crippen LogP contribution in [-0.4, -0.2) is 29.5 Å². The van der Waals surface area contributed by atoms with Crippen molar-refractivity contribution < 1.29 is 14.1 Å². The van der Waals surface area contributed by atoms with Crippen LogP contribution in [0.1, 0.15) is 52.4 Å². The highest BCUT2D eigenvalue weighted by molar-refractivity contribution is 6.69. The van der Waals surface area contributed by atoms with Gasteiger partial charge in [-0.1, -0.05) is 40.1 Å². The van der Waals surface area contributed by atoms with Crippen LogP contribution in [0.5, 0.6) is 5.75 Å². The number of ether oxygens (including phenoxy) is 1. The quantitative estimate of drug-likeness (QED) is 0.233. The standard InChI is InChI=1S/C25H25ClN4O3/c1-16-13-20(14-22(24(16)31-3)25(26)30-32-4)21(19-11-9-18(15-27)10-12-19)7-5-6-8-23-28-17(2)29-33-23/h7,9-14H,5-6,8H2,1-4H3/b21-7-,30-25?. The Morgan fingerprint density at radius 2 is 1.94 bits per heavy atom. The first-order valence-electron chi connectivity index (χ1n) is 10.4. The number of aromatic nitrogens is 2. The number of oxime groups is 1. The lowest BCUT2D eigenvalue weighted by atomic mass is 9.92. The van der Waals surface area contributed by atoms with Gasteiger partial charge in [-0.2, -0.15) is 10.2 Å². The average Bonchev–Trinajstić information content (AvgIpc) is 3.23. The largest absolute Gasteiger partial charge is 0.496 e. The molecule has 0 aliphatic rings.